The van der Waals surface area contributed by atoms with Gasteiger partial charge in [0.25, 0.3) is 5.56 Å². The summed E-state index contributed by atoms with van der Waals surface area (Å²) in [7, 11) is 0. The zero-order valence-electron chi connectivity index (χ0n) is 18.6. The first-order chi connectivity index (χ1) is 15.2. The van der Waals surface area contributed by atoms with Gasteiger partial charge >= 0.3 is 0 Å². The molecule has 5 heteroatoms. The van der Waals surface area contributed by atoms with Crippen molar-refractivity contribution in [3.05, 3.63) is 64.4 Å². The summed E-state index contributed by atoms with van der Waals surface area (Å²) in [6.45, 7) is 5.75. The second kappa shape index (κ2) is 11.4. The van der Waals surface area contributed by atoms with Crippen molar-refractivity contribution >= 4 is 10.9 Å². The molecule has 0 amide bonds. The molecule has 1 aromatic heterocycles. The molecule has 1 heterocycles. The van der Waals surface area contributed by atoms with Crippen LogP contribution in [0.15, 0.2) is 53.3 Å². The van der Waals surface area contributed by atoms with Crippen LogP contribution in [0.2, 0.25) is 0 Å². The highest BCUT2D eigenvalue weighted by Crippen LogP contribution is 2.34. The summed E-state index contributed by atoms with van der Waals surface area (Å²) in [6, 6.07) is 15.4. The number of nitrogens with zero attached hydrogens (tertiary/aromatic N) is 1. The first-order valence-corrected chi connectivity index (χ1v) is 11.3. The van der Waals surface area contributed by atoms with Gasteiger partial charge < -0.3 is 19.1 Å². The third-order valence-electron chi connectivity index (χ3n) is 5.40. The van der Waals surface area contributed by atoms with E-state index < -0.39 is 5.56 Å². The zero-order valence-corrected chi connectivity index (χ0v) is 18.6. The SMILES string of the molecule is CCCCCCn1c(=O)c(O)c(OCc2ccccc2)c2ccc(OCCCC)cc21. The van der Waals surface area contributed by atoms with Crippen molar-refractivity contribution in [1.82, 2.24) is 4.57 Å². The predicted molar refractivity (Wildman–Crippen MR) is 125 cm³/mol. The largest absolute Gasteiger partial charge is 0.500 e. The van der Waals surface area contributed by atoms with E-state index in [1.54, 1.807) is 4.57 Å². The molecule has 0 radical (unpaired) electrons. The van der Waals surface area contributed by atoms with Crippen molar-refractivity contribution in [1.29, 1.82) is 0 Å². The van der Waals surface area contributed by atoms with Gasteiger partial charge in [-0.05, 0) is 30.5 Å². The van der Waals surface area contributed by atoms with Crippen LogP contribution in [0, 0.1) is 0 Å². The van der Waals surface area contributed by atoms with Gasteiger partial charge in [-0.15, -0.1) is 0 Å². The molecule has 0 saturated heterocycles. The van der Waals surface area contributed by atoms with Crippen LogP contribution < -0.4 is 15.0 Å². The summed E-state index contributed by atoms with van der Waals surface area (Å²) in [5.74, 6) is 0.620. The van der Waals surface area contributed by atoms with E-state index >= 15 is 0 Å². The molecule has 0 aliphatic rings. The Bertz CT molecular complexity index is 1030. The van der Waals surface area contributed by atoms with Gasteiger partial charge in [-0.3, -0.25) is 4.79 Å². The highest BCUT2D eigenvalue weighted by Gasteiger charge is 2.18. The third kappa shape index (κ3) is 5.81. The van der Waals surface area contributed by atoms with Crippen molar-refractivity contribution in [2.24, 2.45) is 0 Å². The van der Waals surface area contributed by atoms with Gasteiger partial charge in [-0.2, -0.15) is 0 Å². The molecule has 0 fully saturated rings. The predicted octanol–water partition coefficient (Wildman–Crippen LogP) is 6.05. The van der Waals surface area contributed by atoms with Gasteiger partial charge in [0.2, 0.25) is 5.75 Å². The number of unbranched alkanes of at least 4 members (excludes halogenated alkanes) is 4. The summed E-state index contributed by atoms with van der Waals surface area (Å²) in [4.78, 5) is 13.0. The lowest BCUT2D eigenvalue weighted by Gasteiger charge is -2.17. The number of rotatable bonds is 12. The zero-order chi connectivity index (χ0) is 22.1. The molecular weight excluding hydrogens is 390 g/mol. The lowest BCUT2D eigenvalue weighted by molar-refractivity contribution is 0.290. The topological polar surface area (TPSA) is 60.7 Å². The molecule has 0 aliphatic carbocycles. The van der Waals surface area contributed by atoms with Gasteiger partial charge in [0.15, 0.2) is 5.75 Å². The molecule has 0 spiro atoms. The van der Waals surface area contributed by atoms with Crippen molar-refractivity contribution in [2.75, 3.05) is 6.61 Å². The number of aromatic nitrogens is 1. The van der Waals surface area contributed by atoms with Crippen LogP contribution in [0.5, 0.6) is 17.2 Å². The number of pyridine rings is 1. The Balaban J connectivity index is 1.98. The average Bonchev–Trinajstić information content (AvgIpc) is 2.79. The number of aromatic hydroxyl groups is 1. The van der Waals surface area contributed by atoms with Gasteiger partial charge in [0.05, 0.1) is 12.1 Å². The minimum Gasteiger partial charge on any atom is -0.500 e. The molecule has 0 bridgehead atoms. The summed E-state index contributed by atoms with van der Waals surface area (Å²) in [6.07, 6.45) is 6.21. The van der Waals surface area contributed by atoms with E-state index in [1.165, 1.54) is 0 Å². The van der Waals surface area contributed by atoms with Crippen molar-refractivity contribution in [3.63, 3.8) is 0 Å². The number of ether oxygens (including phenoxy) is 2. The molecule has 3 rings (SSSR count). The van der Waals surface area contributed by atoms with Gasteiger partial charge in [-0.25, -0.2) is 0 Å². The Morgan fingerprint density at radius 2 is 1.68 bits per heavy atom. The van der Waals surface area contributed by atoms with Gasteiger partial charge in [-0.1, -0.05) is 69.9 Å². The minimum atomic E-state index is -0.419. The summed E-state index contributed by atoms with van der Waals surface area (Å²) >= 11 is 0. The summed E-state index contributed by atoms with van der Waals surface area (Å²) < 4.78 is 13.5. The van der Waals surface area contributed by atoms with Crippen molar-refractivity contribution in [3.8, 4) is 17.2 Å². The number of hydrogen-bond acceptors (Lipinski definition) is 4. The van der Waals surface area contributed by atoms with Crippen LogP contribution in [-0.4, -0.2) is 16.3 Å². The number of aryl methyl sites for hydroxylation is 1. The molecule has 1 N–H and O–H groups in total. The molecule has 2 aromatic carbocycles. The molecule has 31 heavy (non-hydrogen) atoms. The van der Waals surface area contributed by atoms with E-state index in [1.807, 2.05) is 48.5 Å². The monoisotopic (exact) mass is 423 g/mol. The van der Waals surface area contributed by atoms with E-state index in [0.717, 1.165) is 55.4 Å². The summed E-state index contributed by atoms with van der Waals surface area (Å²) in [5, 5.41) is 11.4. The Hall–Kier alpha value is -2.95. The standard InChI is InChI=1S/C26H33NO4/c1-3-5-7-11-16-27-23-18-21(30-17-6-4-2)14-15-22(23)25(24(28)26(27)29)31-19-20-12-9-8-10-13-20/h8-10,12-15,18,28H,3-7,11,16-17,19H2,1-2H3. The van der Waals surface area contributed by atoms with Crippen molar-refractivity contribution in [2.45, 2.75) is 65.5 Å². The Kier molecular flexibility index (Phi) is 8.39. The second-order valence-corrected chi connectivity index (χ2v) is 7.85. The lowest BCUT2D eigenvalue weighted by atomic mass is 10.1. The van der Waals surface area contributed by atoms with Gasteiger partial charge in [0.1, 0.15) is 12.4 Å². The Morgan fingerprint density at radius 1 is 0.903 bits per heavy atom. The number of benzene rings is 2. The molecule has 0 aliphatic heterocycles. The number of hydrogen-bond donors (Lipinski definition) is 1. The van der Waals surface area contributed by atoms with E-state index in [4.69, 9.17) is 9.47 Å². The van der Waals surface area contributed by atoms with E-state index in [0.29, 0.717) is 18.5 Å². The average molecular weight is 424 g/mol. The molecule has 3 aromatic rings. The normalized spacial score (nSPS) is 11.0. The summed E-state index contributed by atoms with van der Waals surface area (Å²) in [5.41, 5.74) is 1.28. The molecule has 166 valence electrons. The van der Waals surface area contributed by atoms with Crippen LogP contribution in [-0.2, 0) is 13.2 Å². The van der Waals surface area contributed by atoms with Crippen LogP contribution in [0.3, 0.4) is 0 Å². The minimum absolute atomic E-state index is 0.230. The first-order valence-electron chi connectivity index (χ1n) is 11.3. The maximum atomic E-state index is 13.0. The first kappa shape index (κ1) is 22.7. The van der Waals surface area contributed by atoms with E-state index in [9.17, 15) is 9.90 Å². The molecule has 0 unspecified atom stereocenters. The Labute approximate surface area is 184 Å². The van der Waals surface area contributed by atoms with E-state index in [2.05, 4.69) is 13.8 Å². The molecular formula is C26H33NO4. The van der Waals surface area contributed by atoms with Crippen LogP contribution in [0.25, 0.3) is 10.9 Å². The molecule has 0 atom stereocenters. The molecule has 0 saturated carbocycles. The quantitative estimate of drug-likeness (QED) is 0.361. The van der Waals surface area contributed by atoms with Gasteiger partial charge in [0, 0.05) is 18.0 Å². The highest BCUT2D eigenvalue weighted by molar-refractivity contribution is 5.88. The van der Waals surface area contributed by atoms with Crippen LogP contribution in [0.1, 0.15) is 57.9 Å². The third-order valence-corrected chi connectivity index (χ3v) is 5.40. The fourth-order valence-corrected chi connectivity index (χ4v) is 3.61. The second-order valence-electron chi connectivity index (χ2n) is 7.85. The fraction of sp³-hybridized carbons (Fsp3) is 0.423. The molecule has 5 nitrogen and oxygen atoms in total. The number of fused-ring (bicyclic) bond motifs is 1. The smallest absolute Gasteiger partial charge is 0.297 e. The Morgan fingerprint density at radius 3 is 2.42 bits per heavy atom. The highest BCUT2D eigenvalue weighted by atomic mass is 16.5. The van der Waals surface area contributed by atoms with Crippen LogP contribution >= 0.6 is 0 Å². The van der Waals surface area contributed by atoms with Crippen molar-refractivity contribution < 1.29 is 14.6 Å². The fourth-order valence-electron chi connectivity index (χ4n) is 3.61. The maximum absolute atomic E-state index is 13.0. The lowest BCUT2D eigenvalue weighted by Crippen LogP contribution is -2.21. The van der Waals surface area contributed by atoms with E-state index in [-0.39, 0.29) is 18.1 Å². The maximum Gasteiger partial charge on any atom is 0.297 e. The van der Waals surface area contributed by atoms with Crippen LogP contribution in [0.4, 0.5) is 0 Å².